The van der Waals surface area contributed by atoms with Gasteiger partial charge in [-0.3, -0.25) is 15.0 Å². The van der Waals surface area contributed by atoms with Crippen LogP contribution in [0.25, 0.3) is 0 Å². The number of benzene rings is 1. The first-order valence-corrected chi connectivity index (χ1v) is 7.13. The Morgan fingerprint density at radius 3 is 2.61 bits per heavy atom. The monoisotopic (exact) mass is 365 g/mol. The molecule has 0 unspecified atom stereocenters. The van der Waals surface area contributed by atoms with Crippen molar-refractivity contribution in [1.29, 1.82) is 0 Å². The third-order valence-electron chi connectivity index (χ3n) is 3.79. The zero-order chi connectivity index (χ0) is 15.2. The van der Waals surface area contributed by atoms with Crippen molar-refractivity contribution < 1.29 is 9.31 Å². The van der Waals surface area contributed by atoms with E-state index in [0.29, 0.717) is 12.0 Å². The fourth-order valence-corrected chi connectivity index (χ4v) is 2.70. The number of piperazine rings is 1. The Bertz CT molecular complexity index is 525. The number of allylic oxidation sites excluding steroid dienone is 1. The van der Waals surface area contributed by atoms with E-state index in [1.807, 2.05) is 0 Å². The van der Waals surface area contributed by atoms with Crippen molar-refractivity contribution in [2.45, 2.75) is 18.9 Å². The molecule has 1 heterocycles. The Morgan fingerprint density at radius 1 is 1.39 bits per heavy atom. The topological polar surface area (TPSA) is 58.4 Å². The largest absolute Gasteiger partial charge is 0.314 e. The van der Waals surface area contributed by atoms with Crippen molar-refractivity contribution in [3.63, 3.8) is 0 Å². The number of non-ortho nitro benzene ring substituents is 1. The predicted molar refractivity (Wildman–Crippen MR) is 94.2 cm³/mol. The Labute approximate surface area is 147 Å². The van der Waals surface area contributed by atoms with E-state index < -0.39 is 4.92 Å². The van der Waals surface area contributed by atoms with Crippen LogP contribution in [0.2, 0.25) is 0 Å². The normalized spacial score (nSPS) is 15.9. The van der Waals surface area contributed by atoms with Gasteiger partial charge >= 0.3 is 0 Å². The summed E-state index contributed by atoms with van der Waals surface area (Å²) in [5.74, 6) is -0.381. The van der Waals surface area contributed by atoms with Gasteiger partial charge < -0.3 is 5.32 Å². The lowest BCUT2D eigenvalue weighted by Crippen LogP contribution is -2.45. The molecule has 0 radical (unpaired) electrons. The van der Waals surface area contributed by atoms with Gasteiger partial charge in [-0.2, -0.15) is 0 Å². The average molecular weight is 366 g/mol. The van der Waals surface area contributed by atoms with Gasteiger partial charge in [-0.05, 0) is 18.9 Å². The van der Waals surface area contributed by atoms with Gasteiger partial charge in [0, 0.05) is 49.9 Å². The van der Waals surface area contributed by atoms with Crippen molar-refractivity contribution in [3.05, 3.63) is 52.3 Å². The maximum Gasteiger partial charge on any atom is 0.269 e. The molecule has 0 aromatic heterocycles. The van der Waals surface area contributed by atoms with E-state index in [-0.39, 0.29) is 42.4 Å². The molecule has 1 saturated heterocycles. The first-order chi connectivity index (χ1) is 10.1. The summed E-state index contributed by atoms with van der Waals surface area (Å²) >= 11 is 0. The number of hydrogen-bond donors (Lipinski definition) is 1. The Hall–Kier alpha value is -1.21. The first-order valence-electron chi connectivity index (χ1n) is 7.13. The molecular formula is C15H22Cl2FN3O2. The van der Waals surface area contributed by atoms with Gasteiger partial charge in [-0.15, -0.1) is 31.4 Å². The van der Waals surface area contributed by atoms with Gasteiger partial charge in [0.05, 0.1) is 4.92 Å². The van der Waals surface area contributed by atoms with Crippen molar-refractivity contribution in [1.82, 2.24) is 10.2 Å². The maximum atomic E-state index is 14.2. The molecule has 1 atom stereocenters. The third-order valence-corrected chi connectivity index (χ3v) is 3.79. The second kappa shape index (κ2) is 10.5. The molecule has 0 aliphatic carbocycles. The molecule has 130 valence electrons. The van der Waals surface area contributed by atoms with Crippen LogP contribution >= 0.6 is 24.8 Å². The summed E-state index contributed by atoms with van der Waals surface area (Å²) in [4.78, 5) is 12.6. The van der Waals surface area contributed by atoms with E-state index in [0.717, 1.165) is 32.6 Å². The standard InChI is InChI=1S/C15H20FN3O2.2ClH/c1-2-3-4-15(18-9-7-17-8-10-18)13-11-12(19(20)21)5-6-14(13)16;;/h2,5-6,11,15,17H,1,3-4,7-10H2;2*1H/t15-;;/m0../s1. The lowest BCUT2D eigenvalue weighted by Gasteiger charge is -2.35. The highest BCUT2D eigenvalue weighted by atomic mass is 35.5. The maximum absolute atomic E-state index is 14.2. The highest BCUT2D eigenvalue weighted by Gasteiger charge is 2.25. The quantitative estimate of drug-likeness (QED) is 0.476. The number of nitrogens with one attached hydrogen (secondary N) is 1. The predicted octanol–water partition coefficient (Wildman–Crippen LogP) is 3.49. The Morgan fingerprint density at radius 2 is 2.04 bits per heavy atom. The molecule has 2 rings (SSSR count). The number of nitrogens with zero attached hydrogens (tertiary/aromatic N) is 2. The average Bonchev–Trinajstić information content (AvgIpc) is 2.50. The van der Waals surface area contributed by atoms with Crippen LogP contribution in [-0.2, 0) is 0 Å². The van der Waals surface area contributed by atoms with Gasteiger partial charge in [0.1, 0.15) is 5.82 Å². The lowest BCUT2D eigenvalue weighted by atomic mass is 9.98. The summed E-state index contributed by atoms with van der Waals surface area (Å²) in [6.07, 6.45) is 3.25. The van der Waals surface area contributed by atoms with Gasteiger partial charge in [0.25, 0.3) is 5.69 Å². The van der Waals surface area contributed by atoms with Crippen LogP contribution in [-0.4, -0.2) is 36.0 Å². The fraction of sp³-hybridized carbons (Fsp3) is 0.467. The van der Waals surface area contributed by atoms with Crippen LogP contribution in [0.5, 0.6) is 0 Å². The van der Waals surface area contributed by atoms with E-state index in [9.17, 15) is 14.5 Å². The summed E-state index contributed by atoms with van der Waals surface area (Å²) in [6, 6.07) is 3.62. The van der Waals surface area contributed by atoms with Crippen LogP contribution in [0.1, 0.15) is 24.4 Å². The molecule has 8 heteroatoms. The van der Waals surface area contributed by atoms with Crippen LogP contribution in [0.15, 0.2) is 30.9 Å². The zero-order valence-electron chi connectivity index (χ0n) is 12.7. The number of halogens is 3. The second-order valence-corrected chi connectivity index (χ2v) is 5.13. The Balaban J connectivity index is 0.00000242. The molecule has 1 aromatic rings. The van der Waals surface area contributed by atoms with Crippen LogP contribution in [0.3, 0.4) is 0 Å². The van der Waals surface area contributed by atoms with Crippen LogP contribution < -0.4 is 5.32 Å². The van der Waals surface area contributed by atoms with Crippen LogP contribution in [0, 0.1) is 15.9 Å². The molecule has 1 aliphatic heterocycles. The summed E-state index contributed by atoms with van der Waals surface area (Å²) in [5.41, 5.74) is 0.345. The summed E-state index contributed by atoms with van der Waals surface area (Å²) < 4.78 is 14.2. The molecule has 23 heavy (non-hydrogen) atoms. The van der Waals surface area contributed by atoms with Gasteiger partial charge in [0.2, 0.25) is 0 Å². The number of nitro benzene ring substituents is 1. The smallest absolute Gasteiger partial charge is 0.269 e. The van der Waals surface area contributed by atoms with Gasteiger partial charge in [-0.1, -0.05) is 6.08 Å². The van der Waals surface area contributed by atoms with Crippen molar-refractivity contribution in [2.24, 2.45) is 0 Å². The van der Waals surface area contributed by atoms with Crippen LogP contribution in [0.4, 0.5) is 10.1 Å². The zero-order valence-corrected chi connectivity index (χ0v) is 14.4. The highest BCUT2D eigenvalue weighted by Crippen LogP contribution is 2.30. The minimum absolute atomic E-state index is 0. The Kier molecular flexibility index (Phi) is 9.99. The molecular weight excluding hydrogens is 344 g/mol. The van der Waals surface area contributed by atoms with Gasteiger partial charge in [0.15, 0.2) is 0 Å². The molecule has 0 amide bonds. The number of rotatable bonds is 6. The fourth-order valence-electron chi connectivity index (χ4n) is 2.70. The summed E-state index contributed by atoms with van der Waals surface area (Å²) in [6.45, 7) is 7.02. The van der Waals surface area contributed by atoms with E-state index in [4.69, 9.17) is 0 Å². The van der Waals surface area contributed by atoms with E-state index in [1.54, 1.807) is 6.08 Å². The highest BCUT2D eigenvalue weighted by molar-refractivity contribution is 5.85. The molecule has 1 N–H and O–H groups in total. The van der Waals surface area contributed by atoms with Crippen molar-refractivity contribution >= 4 is 30.5 Å². The van der Waals surface area contributed by atoms with E-state index in [1.165, 1.54) is 18.2 Å². The molecule has 1 fully saturated rings. The van der Waals surface area contributed by atoms with E-state index >= 15 is 0 Å². The second-order valence-electron chi connectivity index (χ2n) is 5.13. The van der Waals surface area contributed by atoms with E-state index in [2.05, 4.69) is 16.8 Å². The molecule has 5 nitrogen and oxygen atoms in total. The SMILES string of the molecule is C=CCC[C@@H](c1cc([N+](=O)[O-])ccc1F)N1CCNCC1.Cl.Cl. The summed E-state index contributed by atoms with van der Waals surface area (Å²) in [5, 5.41) is 14.2. The molecule has 0 bridgehead atoms. The van der Waals surface area contributed by atoms with Gasteiger partial charge in [-0.25, -0.2) is 4.39 Å². The lowest BCUT2D eigenvalue weighted by molar-refractivity contribution is -0.385. The minimum Gasteiger partial charge on any atom is -0.314 e. The first kappa shape index (κ1) is 21.8. The van der Waals surface area contributed by atoms with Crippen molar-refractivity contribution in [3.8, 4) is 0 Å². The molecule has 1 aliphatic rings. The number of hydrogen-bond acceptors (Lipinski definition) is 4. The number of nitro groups is 1. The summed E-state index contributed by atoms with van der Waals surface area (Å²) in [7, 11) is 0. The molecule has 0 spiro atoms. The van der Waals surface area contributed by atoms with Crippen molar-refractivity contribution in [2.75, 3.05) is 26.2 Å². The molecule has 1 aromatic carbocycles. The minimum atomic E-state index is -0.481. The molecule has 0 saturated carbocycles. The third kappa shape index (κ3) is 5.73.